The molecule has 1 atom stereocenters. The van der Waals surface area contributed by atoms with Crippen LogP contribution in [0.2, 0.25) is 0 Å². The molecule has 2 aromatic rings. The Kier molecular flexibility index (Phi) is 4.58. The molecule has 0 heterocycles. The van der Waals surface area contributed by atoms with E-state index in [0.29, 0.717) is 6.54 Å². The van der Waals surface area contributed by atoms with E-state index in [0.717, 1.165) is 0 Å². The Bertz CT molecular complexity index is 602. The van der Waals surface area contributed by atoms with Crippen LogP contribution in [-0.4, -0.2) is 7.05 Å². The molecule has 0 aliphatic rings. The number of hydrogen-bond acceptors (Lipinski definition) is 2. The van der Waals surface area contributed by atoms with Crippen LogP contribution in [0.3, 0.4) is 0 Å². The number of aryl methyl sites for hydroxylation is 1. The number of nitrogens with one attached hydrogen (secondary N) is 1. The Hall–Kier alpha value is -1.64. The smallest absolute Gasteiger partial charge is 0.0577 e. The Morgan fingerprint density at radius 1 is 1.05 bits per heavy atom. The lowest BCUT2D eigenvalue weighted by Gasteiger charge is -2.22. The molecule has 0 radical (unpaired) electrons. The number of benzene rings is 2. The Balaban J connectivity index is 2.49. The largest absolute Gasteiger partial charge is 0.326 e. The molecule has 1 unspecified atom stereocenters. The Labute approximate surface area is 122 Å². The van der Waals surface area contributed by atoms with E-state index in [2.05, 4.69) is 62.5 Å². The highest BCUT2D eigenvalue weighted by molar-refractivity contribution is 5.44. The highest BCUT2D eigenvalue weighted by atomic mass is 14.9. The predicted molar refractivity (Wildman–Crippen MR) is 85.9 cm³/mol. The van der Waals surface area contributed by atoms with Crippen LogP contribution in [0, 0.1) is 20.8 Å². The van der Waals surface area contributed by atoms with Crippen molar-refractivity contribution in [3.8, 4) is 0 Å². The van der Waals surface area contributed by atoms with E-state index in [-0.39, 0.29) is 6.04 Å². The van der Waals surface area contributed by atoms with Crippen LogP contribution in [0.15, 0.2) is 36.4 Å². The third kappa shape index (κ3) is 2.77. The molecule has 0 spiro atoms. The third-order valence-electron chi connectivity index (χ3n) is 4.22. The summed E-state index contributed by atoms with van der Waals surface area (Å²) in [5.74, 6) is 0. The van der Waals surface area contributed by atoms with Crippen LogP contribution in [0.25, 0.3) is 0 Å². The first kappa shape index (κ1) is 14.8. The van der Waals surface area contributed by atoms with Gasteiger partial charge < -0.3 is 11.1 Å². The second-order valence-electron chi connectivity index (χ2n) is 5.39. The van der Waals surface area contributed by atoms with Crippen molar-refractivity contribution < 1.29 is 0 Å². The van der Waals surface area contributed by atoms with E-state index in [4.69, 9.17) is 5.73 Å². The maximum Gasteiger partial charge on any atom is 0.0577 e. The van der Waals surface area contributed by atoms with Crippen molar-refractivity contribution in [1.29, 1.82) is 0 Å². The molecule has 0 amide bonds. The lowest BCUT2D eigenvalue weighted by atomic mass is 9.90. The monoisotopic (exact) mass is 268 g/mol. The van der Waals surface area contributed by atoms with Crippen LogP contribution in [-0.2, 0) is 6.54 Å². The normalized spacial score (nSPS) is 12.4. The molecule has 3 N–H and O–H groups in total. The first-order valence-corrected chi connectivity index (χ1v) is 7.11. The average Bonchev–Trinajstić information content (AvgIpc) is 2.48. The summed E-state index contributed by atoms with van der Waals surface area (Å²) >= 11 is 0. The summed E-state index contributed by atoms with van der Waals surface area (Å²) in [5.41, 5.74) is 13.6. The first-order chi connectivity index (χ1) is 9.58. The van der Waals surface area contributed by atoms with Gasteiger partial charge in [-0.3, -0.25) is 0 Å². The minimum absolute atomic E-state index is 0.209. The summed E-state index contributed by atoms with van der Waals surface area (Å²) in [5, 5.41) is 3.43. The minimum atomic E-state index is 0.209. The lowest BCUT2D eigenvalue weighted by Crippen LogP contribution is -2.19. The van der Waals surface area contributed by atoms with Crippen LogP contribution >= 0.6 is 0 Å². The van der Waals surface area contributed by atoms with Gasteiger partial charge in [-0.2, -0.15) is 0 Å². The molecule has 2 nitrogen and oxygen atoms in total. The molecule has 0 saturated heterocycles. The predicted octanol–water partition coefficient (Wildman–Crippen LogP) is 3.38. The molecule has 2 heteroatoms. The average molecular weight is 268 g/mol. The van der Waals surface area contributed by atoms with Gasteiger partial charge in [0.1, 0.15) is 0 Å². The summed E-state index contributed by atoms with van der Waals surface area (Å²) in [6.07, 6.45) is 0. The van der Waals surface area contributed by atoms with Gasteiger partial charge in [-0.05, 0) is 61.2 Å². The quantitative estimate of drug-likeness (QED) is 0.892. The molecule has 106 valence electrons. The molecule has 2 aromatic carbocycles. The SMILES string of the molecule is CNC(c1cccc(CN)c1)c1ccc(C)c(C)c1C. The highest BCUT2D eigenvalue weighted by Crippen LogP contribution is 2.28. The first-order valence-electron chi connectivity index (χ1n) is 7.11. The fraction of sp³-hybridized carbons (Fsp3) is 0.333. The maximum atomic E-state index is 5.75. The van der Waals surface area contributed by atoms with E-state index in [9.17, 15) is 0 Å². The molecular formula is C18H24N2. The summed E-state index contributed by atoms with van der Waals surface area (Å²) in [6.45, 7) is 7.14. The molecule has 0 saturated carbocycles. The Morgan fingerprint density at radius 3 is 2.45 bits per heavy atom. The van der Waals surface area contributed by atoms with Gasteiger partial charge in [0.05, 0.1) is 6.04 Å². The van der Waals surface area contributed by atoms with Crippen LogP contribution in [0.5, 0.6) is 0 Å². The summed E-state index contributed by atoms with van der Waals surface area (Å²) in [6, 6.07) is 13.1. The second kappa shape index (κ2) is 6.21. The molecule has 0 aromatic heterocycles. The standard InChI is InChI=1S/C18H24N2/c1-12-8-9-17(14(3)13(12)2)18(20-4)16-7-5-6-15(10-16)11-19/h5-10,18,20H,11,19H2,1-4H3. The molecule has 0 aliphatic carbocycles. The molecule has 20 heavy (non-hydrogen) atoms. The maximum absolute atomic E-state index is 5.75. The second-order valence-corrected chi connectivity index (χ2v) is 5.39. The van der Waals surface area contributed by atoms with Gasteiger partial charge in [-0.25, -0.2) is 0 Å². The highest BCUT2D eigenvalue weighted by Gasteiger charge is 2.16. The Morgan fingerprint density at radius 2 is 1.80 bits per heavy atom. The van der Waals surface area contributed by atoms with Crippen molar-refractivity contribution in [2.75, 3.05) is 7.05 Å². The van der Waals surface area contributed by atoms with E-state index in [1.165, 1.54) is 33.4 Å². The van der Waals surface area contributed by atoms with Gasteiger partial charge >= 0.3 is 0 Å². The van der Waals surface area contributed by atoms with E-state index < -0.39 is 0 Å². The van der Waals surface area contributed by atoms with Crippen molar-refractivity contribution in [1.82, 2.24) is 5.32 Å². The van der Waals surface area contributed by atoms with Gasteiger partial charge in [0.2, 0.25) is 0 Å². The van der Waals surface area contributed by atoms with Crippen LogP contribution in [0.4, 0.5) is 0 Å². The van der Waals surface area contributed by atoms with Gasteiger partial charge in [0.15, 0.2) is 0 Å². The van der Waals surface area contributed by atoms with Gasteiger partial charge in [-0.15, -0.1) is 0 Å². The summed E-state index contributed by atoms with van der Waals surface area (Å²) in [7, 11) is 2.01. The fourth-order valence-electron chi connectivity index (χ4n) is 2.69. The molecule has 0 aliphatic heterocycles. The van der Waals surface area contributed by atoms with Crippen molar-refractivity contribution in [2.45, 2.75) is 33.4 Å². The zero-order chi connectivity index (χ0) is 14.7. The number of rotatable bonds is 4. The van der Waals surface area contributed by atoms with Crippen LogP contribution in [0.1, 0.15) is 39.4 Å². The lowest BCUT2D eigenvalue weighted by molar-refractivity contribution is 0.685. The zero-order valence-corrected chi connectivity index (χ0v) is 12.8. The number of nitrogens with two attached hydrogens (primary N) is 1. The van der Waals surface area contributed by atoms with Crippen molar-refractivity contribution >= 4 is 0 Å². The molecule has 2 rings (SSSR count). The fourth-order valence-corrected chi connectivity index (χ4v) is 2.69. The van der Waals surface area contributed by atoms with Crippen molar-refractivity contribution in [3.05, 3.63) is 69.8 Å². The van der Waals surface area contributed by atoms with Crippen molar-refractivity contribution in [2.24, 2.45) is 5.73 Å². The van der Waals surface area contributed by atoms with E-state index in [1.807, 2.05) is 7.05 Å². The molecule has 0 fully saturated rings. The molecule has 0 bridgehead atoms. The van der Waals surface area contributed by atoms with E-state index in [1.54, 1.807) is 0 Å². The van der Waals surface area contributed by atoms with E-state index >= 15 is 0 Å². The topological polar surface area (TPSA) is 38.0 Å². The van der Waals surface area contributed by atoms with Crippen LogP contribution < -0.4 is 11.1 Å². The number of hydrogen-bond donors (Lipinski definition) is 2. The van der Waals surface area contributed by atoms with Gasteiger partial charge in [-0.1, -0.05) is 36.4 Å². The van der Waals surface area contributed by atoms with Gasteiger partial charge in [0, 0.05) is 6.54 Å². The zero-order valence-electron chi connectivity index (χ0n) is 12.8. The van der Waals surface area contributed by atoms with Gasteiger partial charge in [0.25, 0.3) is 0 Å². The molecular weight excluding hydrogens is 244 g/mol. The van der Waals surface area contributed by atoms with Crippen molar-refractivity contribution in [3.63, 3.8) is 0 Å². The third-order valence-corrected chi connectivity index (χ3v) is 4.22. The summed E-state index contributed by atoms with van der Waals surface area (Å²) in [4.78, 5) is 0. The summed E-state index contributed by atoms with van der Waals surface area (Å²) < 4.78 is 0. The minimum Gasteiger partial charge on any atom is -0.326 e.